The van der Waals surface area contributed by atoms with Crippen LogP contribution in [-0.2, 0) is 13.5 Å². The number of hydrogen-bond donors (Lipinski definition) is 2. The minimum absolute atomic E-state index is 0.275. The van der Waals surface area contributed by atoms with Gasteiger partial charge < -0.3 is 10.6 Å². The third-order valence-electron chi connectivity index (χ3n) is 4.96. The van der Waals surface area contributed by atoms with E-state index >= 15 is 0 Å². The predicted molar refractivity (Wildman–Crippen MR) is 110 cm³/mol. The number of benzene rings is 1. The Morgan fingerprint density at radius 2 is 1.96 bits per heavy atom. The zero-order chi connectivity index (χ0) is 19.3. The van der Waals surface area contributed by atoms with Crippen LogP contribution >= 0.6 is 0 Å². The van der Waals surface area contributed by atoms with Crippen LogP contribution in [0, 0.1) is 20.8 Å². The minimum Gasteiger partial charge on any atom is -0.356 e. The molecule has 2 rings (SSSR count). The Morgan fingerprint density at radius 1 is 1.23 bits per heavy atom. The van der Waals surface area contributed by atoms with Gasteiger partial charge in [-0.25, -0.2) is 0 Å². The van der Waals surface area contributed by atoms with Crippen molar-refractivity contribution < 1.29 is 0 Å². The summed E-state index contributed by atoms with van der Waals surface area (Å²) in [6, 6.07) is 8.96. The Labute approximate surface area is 157 Å². The van der Waals surface area contributed by atoms with Crippen LogP contribution in [0.25, 0.3) is 0 Å². The van der Waals surface area contributed by atoms with E-state index < -0.39 is 0 Å². The maximum atomic E-state index is 4.51. The van der Waals surface area contributed by atoms with Crippen molar-refractivity contribution in [3.63, 3.8) is 0 Å². The highest BCUT2D eigenvalue weighted by Gasteiger charge is 2.14. The normalized spacial score (nSPS) is 14.2. The quantitative estimate of drug-likeness (QED) is 0.618. The predicted octanol–water partition coefficient (Wildman–Crippen LogP) is 3.25. The number of aromatic nitrogens is 2. The summed E-state index contributed by atoms with van der Waals surface area (Å²) in [5.41, 5.74) is 6.30. The molecule has 5 nitrogen and oxygen atoms in total. The van der Waals surface area contributed by atoms with Gasteiger partial charge in [0, 0.05) is 32.4 Å². The molecule has 142 valence electrons. The molecule has 0 aliphatic rings. The average molecular weight is 356 g/mol. The molecule has 0 saturated carbocycles. The number of nitrogens with one attached hydrogen (secondary N) is 2. The largest absolute Gasteiger partial charge is 0.356 e. The van der Waals surface area contributed by atoms with E-state index in [0.717, 1.165) is 24.6 Å². The minimum atomic E-state index is 0.275. The Bertz CT molecular complexity index is 760. The van der Waals surface area contributed by atoms with E-state index in [1.54, 1.807) is 0 Å². The maximum Gasteiger partial charge on any atom is 0.191 e. The lowest BCUT2D eigenvalue weighted by molar-refractivity contribution is 0.624. The molecule has 5 heteroatoms. The first-order chi connectivity index (χ1) is 12.3. The van der Waals surface area contributed by atoms with Gasteiger partial charge in [0.2, 0.25) is 0 Å². The highest BCUT2D eigenvalue weighted by molar-refractivity contribution is 5.80. The van der Waals surface area contributed by atoms with Gasteiger partial charge in [0.25, 0.3) is 0 Å². The Balaban J connectivity index is 1.90. The number of guanidine groups is 1. The highest BCUT2D eigenvalue weighted by atomic mass is 15.3. The van der Waals surface area contributed by atoms with Crippen LogP contribution in [0.5, 0.6) is 0 Å². The van der Waals surface area contributed by atoms with Gasteiger partial charge in [-0.15, -0.1) is 0 Å². The van der Waals surface area contributed by atoms with E-state index in [2.05, 4.69) is 79.6 Å². The second-order valence-corrected chi connectivity index (χ2v) is 7.29. The molecule has 0 bridgehead atoms. The SMILES string of the molecule is CN=C(NCC(C)c1cccc(C)c1)NC(C)Cc1c(C)nn(C)c1C. The lowest BCUT2D eigenvalue weighted by atomic mass is 9.99. The molecule has 0 radical (unpaired) electrons. The first kappa shape index (κ1) is 20.0. The third kappa shape index (κ3) is 5.10. The van der Waals surface area contributed by atoms with Gasteiger partial charge in [-0.1, -0.05) is 36.8 Å². The molecule has 26 heavy (non-hydrogen) atoms. The summed E-state index contributed by atoms with van der Waals surface area (Å²) >= 11 is 0. The van der Waals surface area contributed by atoms with Crippen LogP contribution in [0.3, 0.4) is 0 Å². The number of aliphatic imine (C=N–C) groups is 1. The van der Waals surface area contributed by atoms with Crippen molar-refractivity contribution in [2.24, 2.45) is 12.0 Å². The van der Waals surface area contributed by atoms with Crippen LogP contribution in [-0.4, -0.2) is 35.4 Å². The molecule has 1 aromatic heterocycles. The summed E-state index contributed by atoms with van der Waals surface area (Å²) in [5, 5.41) is 11.5. The van der Waals surface area contributed by atoms with Crippen LogP contribution in [0.2, 0.25) is 0 Å². The molecule has 2 aromatic rings. The molecule has 1 heterocycles. The summed E-state index contributed by atoms with van der Waals surface area (Å²) in [6.07, 6.45) is 0.930. The van der Waals surface area contributed by atoms with Crippen molar-refractivity contribution in [2.45, 2.75) is 53.0 Å². The van der Waals surface area contributed by atoms with Crippen LogP contribution in [0.1, 0.15) is 47.8 Å². The molecule has 0 fully saturated rings. The van der Waals surface area contributed by atoms with E-state index in [1.165, 1.54) is 22.4 Å². The standard InChI is InChI=1S/C21H33N5/c1-14-9-8-10-19(11-14)15(2)13-23-21(22-6)24-16(3)12-20-17(4)25-26(7)18(20)5/h8-11,15-16H,12-13H2,1-7H3,(H2,22,23,24). The topological polar surface area (TPSA) is 54.2 Å². The fourth-order valence-electron chi connectivity index (χ4n) is 3.24. The summed E-state index contributed by atoms with van der Waals surface area (Å²) < 4.78 is 1.95. The molecule has 2 N–H and O–H groups in total. The molecular formula is C21H33N5. The molecule has 1 aromatic carbocycles. The zero-order valence-electron chi connectivity index (χ0n) is 17.2. The van der Waals surface area contributed by atoms with Gasteiger partial charge in [0.1, 0.15) is 0 Å². The van der Waals surface area contributed by atoms with Crippen molar-refractivity contribution in [1.29, 1.82) is 0 Å². The van der Waals surface area contributed by atoms with Crippen LogP contribution in [0.4, 0.5) is 0 Å². The van der Waals surface area contributed by atoms with Gasteiger partial charge >= 0.3 is 0 Å². The Hall–Kier alpha value is -2.30. The van der Waals surface area contributed by atoms with Gasteiger partial charge in [0.15, 0.2) is 5.96 Å². The number of aryl methyl sites for hydroxylation is 3. The third-order valence-corrected chi connectivity index (χ3v) is 4.96. The van der Waals surface area contributed by atoms with Crippen LogP contribution in [0.15, 0.2) is 29.3 Å². The molecule has 0 amide bonds. The van der Waals surface area contributed by atoms with E-state index in [4.69, 9.17) is 0 Å². The molecule has 2 atom stereocenters. The van der Waals surface area contributed by atoms with Crippen molar-refractivity contribution >= 4 is 5.96 Å². The van der Waals surface area contributed by atoms with Gasteiger partial charge in [-0.05, 0) is 51.2 Å². The zero-order valence-corrected chi connectivity index (χ0v) is 17.2. The summed E-state index contributed by atoms with van der Waals surface area (Å²) in [6.45, 7) is 11.6. The smallest absolute Gasteiger partial charge is 0.191 e. The molecule has 0 saturated heterocycles. The van der Waals surface area contributed by atoms with E-state index in [9.17, 15) is 0 Å². The maximum absolute atomic E-state index is 4.51. The van der Waals surface area contributed by atoms with E-state index in [1.807, 2.05) is 18.8 Å². The molecule has 0 aliphatic heterocycles. The van der Waals surface area contributed by atoms with Crippen molar-refractivity contribution in [3.05, 3.63) is 52.3 Å². The number of nitrogens with zero attached hydrogens (tertiary/aromatic N) is 3. The fourth-order valence-corrected chi connectivity index (χ4v) is 3.24. The Kier molecular flexibility index (Phi) is 6.83. The second-order valence-electron chi connectivity index (χ2n) is 7.29. The first-order valence-corrected chi connectivity index (χ1v) is 9.34. The second kappa shape index (κ2) is 8.88. The summed E-state index contributed by atoms with van der Waals surface area (Å²) in [4.78, 5) is 4.38. The number of hydrogen-bond acceptors (Lipinski definition) is 2. The summed E-state index contributed by atoms with van der Waals surface area (Å²) in [5.74, 6) is 1.27. The first-order valence-electron chi connectivity index (χ1n) is 9.34. The highest BCUT2D eigenvalue weighted by Crippen LogP contribution is 2.16. The lowest BCUT2D eigenvalue weighted by Crippen LogP contribution is -2.44. The lowest BCUT2D eigenvalue weighted by Gasteiger charge is -2.20. The van der Waals surface area contributed by atoms with Crippen molar-refractivity contribution in [2.75, 3.05) is 13.6 Å². The summed E-state index contributed by atoms with van der Waals surface area (Å²) in [7, 11) is 3.82. The van der Waals surface area contributed by atoms with Crippen molar-refractivity contribution in [3.8, 4) is 0 Å². The van der Waals surface area contributed by atoms with Crippen LogP contribution < -0.4 is 10.6 Å². The average Bonchev–Trinajstić information content (AvgIpc) is 2.84. The van der Waals surface area contributed by atoms with E-state index in [0.29, 0.717) is 5.92 Å². The van der Waals surface area contributed by atoms with E-state index in [-0.39, 0.29) is 6.04 Å². The molecule has 2 unspecified atom stereocenters. The van der Waals surface area contributed by atoms with Gasteiger partial charge in [-0.3, -0.25) is 9.67 Å². The van der Waals surface area contributed by atoms with Crippen molar-refractivity contribution in [1.82, 2.24) is 20.4 Å². The molecule has 0 aliphatic carbocycles. The fraction of sp³-hybridized carbons (Fsp3) is 0.524. The van der Waals surface area contributed by atoms with Gasteiger partial charge in [0.05, 0.1) is 5.69 Å². The number of rotatable bonds is 6. The monoisotopic (exact) mass is 355 g/mol. The Morgan fingerprint density at radius 3 is 2.54 bits per heavy atom. The molecule has 0 spiro atoms. The molecular weight excluding hydrogens is 322 g/mol. The van der Waals surface area contributed by atoms with Gasteiger partial charge in [-0.2, -0.15) is 5.10 Å².